The summed E-state index contributed by atoms with van der Waals surface area (Å²) in [5.41, 5.74) is 2.43. The van der Waals surface area contributed by atoms with Gasteiger partial charge in [-0.2, -0.15) is 0 Å². The molecule has 0 spiro atoms. The van der Waals surface area contributed by atoms with E-state index in [2.05, 4.69) is 41.3 Å². The van der Waals surface area contributed by atoms with E-state index in [0.717, 1.165) is 31.0 Å². The highest BCUT2D eigenvalue weighted by molar-refractivity contribution is 5.39. The van der Waals surface area contributed by atoms with Crippen molar-refractivity contribution >= 4 is 0 Å². The van der Waals surface area contributed by atoms with Crippen LogP contribution in [-0.2, 0) is 6.42 Å². The fourth-order valence-electron chi connectivity index (χ4n) is 2.34. The van der Waals surface area contributed by atoms with Crippen molar-refractivity contribution in [2.45, 2.75) is 32.7 Å². The molecule has 1 atom stereocenters. The molecular formula is C16H23N3O. The Morgan fingerprint density at radius 2 is 2.25 bits per heavy atom. The number of nitrogens with one attached hydrogen (secondary N) is 2. The third-order valence-electron chi connectivity index (χ3n) is 3.35. The minimum Gasteiger partial charge on any atom is -0.496 e. The molecule has 1 unspecified atom stereocenters. The van der Waals surface area contributed by atoms with E-state index in [1.807, 2.05) is 12.3 Å². The Balaban J connectivity index is 2.27. The number of nitrogens with zero attached hydrogens (tertiary/aromatic N) is 1. The number of aromatic amines is 1. The van der Waals surface area contributed by atoms with Crippen LogP contribution in [0.3, 0.4) is 0 Å². The smallest absolute Gasteiger partial charge is 0.123 e. The molecule has 2 aromatic rings. The van der Waals surface area contributed by atoms with Crippen molar-refractivity contribution in [1.82, 2.24) is 15.3 Å². The first-order valence-electron chi connectivity index (χ1n) is 7.10. The van der Waals surface area contributed by atoms with E-state index >= 15 is 0 Å². The molecule has 2 rings (SSSR count). The molecule has 20 heavy (non-hydrogen) atoms. The lowest BCUT2D eigenvalue weighted by molar-refractivity contribution is 0.397. The van der Waals surface area contributed by atoms with Crippen molar-refractivity contribution in [1.29, 1.82) is 0 Å². The molecule has 0 aliphatic rings. The van der Waals surface area contributed by atoms with Gasteiger partial charge in [-0.05, 0) is 26.0 Å². The summed E-state index contributed by atoms with van der Waals surface area (Å²) < 4.78 is 5.51. The van der Waals surface area contributed by atoms with Crippen molar-refractivity contribution in [3.8, 4) is 5.75 Å². The fourth-order valence-corrected chi connectivity index (χ4v) is 2.34. The summed E-state index contributed by atoms with van der Waals surface area (Å²) in [6.07, 6.45) is 5.58. The minimum absolute atomic E-state index is 0.205. The molecule has 0 amide bonds. The van der Waals surface area contributed by atoms with Crippen LogP contribution in [0.25, 0.3) is 0 Å². The van der Waals surface area contributed by atoms with Gasteiger partial charge in [0.2, 0.25) is 0 Å². The predicted octanol–water partition coefficient (Wildman–Crippen LogP) is 3.01. The Morgan fingerprint density at radius 1 is 1.40 bits per heavy atom. The summed E-state index contributed by atoms with van der Waals surface area (Å²) in [5, 5.41) is 3.59. The predicted molar refractivity (Wildman–Crippen MR) is 81.1 cm³/mol. The molecule has 0 saturated heterocycles. The summed E-state index contributed by atoms with van der Waals surface area (Å²) in [6, 6.07) is 6.50. The van der Waals surface area contributed by atoms with Gasteiger partial charge in [0, 0.05) is 30.4 Å². The second-order valence-electron chi connectivity index (χ2n) is 4.99. The largest absolute Gasteiger partial charge is 0.496 e. The first-order chi connectivity index (χ1) is 9.74. The number of rotatable bonds is 7. The summed E-state index contributed by atoms with van der Waals surface area (Å²) in [6.45, 7) is 5.25. The second kappa shape index (κ2) is 7.10. The Bertz CT molecular complexity index is 523. The molecule has 0 aliphatic carbocycles. The molecule has 0 bridgehead atoms. The molecule has 0 saturated carbocycles. The lowest BCUT2D eigenvalue weighted by Gasteiger charge is -2.21. The van der Waals surface area contributed by atoms with E-state index in [1.165, 1.54) is 11.1 Å². The van der Waals surface area contributed by atoms with Crippen LogP contribution in [-0.4, -0.2) is 23.6 Å². The highest BCUT2D eigenvalue weighted by atomic mass is 16.5. The topological polar surface area (TPSA) is 49.9 Å². The van der Waals surface area contributed by atoms with E-state index < -0.39 is 0 Å². The average Bonchev–Trinajstić information content (AvgIpc) is 2.96. The highest BCUT2D eigenvalue weighted by Gasteiger charge is 2.17. The van der Waals surface area contributed by atoms with Crippen LogP contribution in [0.15, 0.2) is 30.6 Å². The lowest BCUT2D eigenvalue weighted by atomic mass is 10.00. The van der Waals surface area contributed by atoms with Crippen LogP contribution in [0, 0.1) is 6.92 Å². The van der Waals surface area contributed by atoms with Gasteiger partial charge in [0.25, 0.3) is 0 Å². The van der Waals surface area contributed by atoms with Gasteiger partial charge >= 0.3 is 0 Å². The van der Waals surface area contributed by atoms with Gasteiger partial charge in [0.15, 0.2) is 0 Å². The first-order valence-corrected chi connectivity index (χ1v) is 7.10. The standard InChI is InChI=1S/C16H23N3O/c1-4-7-17-14(11-16-18-8-9-19-16)13-10-12(2)5-6-15(13)20-3/h5-6,8-10,14,17H,4,7,11H2,1-3H3,(H,18,19). The van der Waals surface area contributed by atoms with Crippen molar-refractivity contribution < 1.29 is 4.74 Å². The summed E-state index contributed by atoms with van der Waals surface area (Å²) in [5.74, 6) is 1.91. The van der Waals surface area contributed by atoms with Gasteiger partial charge in [-0.15, -0.1) is 0 Å². The summed E-state index contributed by atoms with van der Waals surface area (Å²) in [4.78, 5) is 7.51. The van der Waals surface area contributed by atoms with Crippen molar-refractivity contribution in [3.63, 3.8) is 0 Å². The number of ether oxygens (including phenoxy) is 1. The van der Waals surface area contributed by atoms with E-state index in [4.69, 9.17) is 4.74 Å². The Hall–Kier alpha value is -1.81. The third kappa shape index (κ3) is 3.61. The van der Waals surface area contributed by atoms with Gasteiger partial charge in [0.05, 0.1) is 7.11 Å². The minimum atomic E-state index is 0.205. The Morgan fingerprint density at radius 3 is 2.90 bits per heavy atom. The maximum Gasteiger partial charge on any atom is 0.123 e. The maximum atomic E-state index is 5.51. The molecule has 0 radical (unpaired) electrons. The van der Waals surface area contributed by atoms with Crippen LogP contribution in [0.4, 0.5) is 0 Å². The fraction of sp³-hybridized carbons (Fsp3) is 0.438. The number of aromatic nitrogens is 2. The maximum absolute atomic E-state index is 5.51. The van der Waals surface area contributed by atoms with E-state index in [1.54, 1.807) is 13.3 Å². The quantitative estimate of drug-likeness (QED) is 0.815. The van der Waals surface area contributed by atoms with Gasteiger partial charge in [-0.3, -0.25) is 0 Å². The first kappa shape index (κ1) is 14.6. The normalized spacial score (nSPS) is 12.3. The molecule has 1 heterocycles. The molecule has 1 aromatic heterocycles. The van der Waals surface area contributed by atoms with E-state index in [9.17, 15) is 0 Å². The summed E-state index contributed by atoms with van der Waals surface area (Å²) >= 11 is 0. The monoisotopic (exact) mass is 273 g/mol. The van der Waals surface area contributed by atoms with Crippen LogP contribution in [0.5, 0.6) is 5.75 Å². The molecule has 2 N–H and O–H groups in total. The van der Waals surface area contributed by atoms with Gasteiger partial charge < -0.3 is 15.0 Å². The number of imidazole rings is 1. The lowest BCUT2D eigenvalue weighted by Crippen LogP contribution is -2.25. The number of H-pyrrole nitrogens is 1. The van der Waals surface area contributed by atoms with Gasteiger partial charge in [-0.25, -0.2) is 4.98 Å². The number of aryl methyl sites for hydroxylation is 1. The molecule has 4 heteroatoms. The van der Waals surface area contributed by atoms with Crippen LogP contribution in [0.1, 0.15) is 36.3 Å². The zero-order chi connectivity index (χ0) is 14.4. The molecule has 1 aromatic carbocycles. The molecule has 0 fully saturated rings. The Kier molecular flexibility index (Phi) is 5.18. The van der Waals surface area contributed by atoms with Crippen molar-refractivity contribution in [2.24, 2.45) is 0 Å². The molecule has 4 nitrogen and oxygen atoms in total. The van der Waals surface area contributed by atoms with Crippen LogP contribution >= 0.6 is 0 Å². The van der Waals surface area contributed by atoms with Crippen molar-refractivity contribution in [2.75, 3.05) is 13.7 Å². The SMILES string of the molecule is CCCNC(Cc1ncc[nH]1)c1cc(C)ccc1OC. The Labute approximate surface area is 120 Å². The van der Waals surface area contributed by atoms with E-state index in [0.29, 0.717) is 0 Å². The summed E-state index contributed by atoms with van der Waals surface area (Å²) in [7, 11) is 1.72. The van der Waals surface area contributed by atoms with Crippen LogP contribution < -0.4 is 10.1 Å². The number of hydrogen-bond donors (Lipinski definition) is 2. The average molecular weight is 273 g/mol. The van der Waals surface area contributed by atoms with E-state index in [-0.39, 0.29) is 6.04 Å². The highest BCUT2D eigenvalue weighted by Crippen LogP contribution is 2.28. The zero-order valence-corrected chi connectivity index (χ0v) is 12.4. The molecule has 108 valence electrons. The second-order valence-corrected chi connectivity index (χ2v) is 4.99. The number of hydrogen-bond acceptors (Lipinski definition) is 3. The van der Waals surface area contributed by atoms with Gasteiger partial charge in [0.1, 0.15) is 11.6 Å². The van der Waals surface area contributed by atoms with Gasteiger partial charge in [-0.1, -0.05) is 24.6 Å². The van der Waals surface area contributed by atoms with Crippen molar-refractivity contribution in [3.05, 3.63) is 47.5 Å². The zero-order valence-electron chi connectivity index (χ0n) is 12.4. The third-order valence-corrected chi connectivity index (χ3v) is 3.35. The molecule has 0 aliphatic heterocycles. The number of benzene rings is 1. The number of methoxy groups -OCH3 is 1. The van der Waals surface area contributed by atoms with Crippen LogP contribution in [0.2, 0.25) is 0 Å². The molecular weight excluding hydrogens is 250 g/mol.